The zero-order valence-electron chi connectivity index (χ0n) is 17.5. The molecule has 1 aromatic heterocycles. The first-order valence-corrected chi connectivity index (χ1v) is 10.4. The normalized spacial score (nSPS) is 10.8. The highest BCUT2D eigenvalue weighted by atomic mass is 32.2. The minimum Gasteiger partial charge on any atom is -0.411 e. The van der Waals surface area contributed by atoms with Crippen LogP contribution in [0.5, 0.6) is 0 Å². The summed E-state index contributed by atoms with van der Waals surface area (Å²) in [7, 11) is 5.81. The lowest BCUT2D eigenvalue weighted by atomic mass is 10.1. The average molecular weight is 411 g/mol. The number of hydrogen-bond donors (Lipinski definition) is 0. The van der Waals surface area contributed by atoms with Gasteiger partial charge in [-0.25, -0.2) is 0 Å². The van der Waals surface area contributed by atoms with Gasteiger partial charge >= 0.3 is 0 Å². The van der Waals surface area contributed by atoms with E-state index in [4.69, 9.17) is 4.42 Å². The van der Waals surface area contributed by atoms with E-state index >= 15 is 0 Å². The Labute approximate surface area is 175 Å². The highest BCUT2D eigenvalue weighted by Crippen LogP contribution is 2.25. The van der Waals surface area contributed by atoms with Crippen LogP contribution in [0.25, 0.3) is 11.5 Å². The summed E-state index contributed by atoms with van der Waals surface area (Å²) in [6.45, 7) is 4.63. The minimum atomic E-state index is 0.0119. The number of anilines is 1. The second kappa shape index (κ2) is 9.13. The molecular weight excluding hydrogens is 384 g/mol. The van der Waals surface area contributed by atoms with Crippen molar-refractivity contribution in [3.63, 3.8) is 0 Å². The van der Waals surface area contributed by atoms with Crippen molar-refractivity contribution in [2.45, 2.75) is 25.6 Å². The molecule has 1 amide bonds. The zero-order chi connectivity index (χ0) is 21.0. The molecule has 7 heteroatoms. The third-order valence-electron chi connectivity index (χ3n) is 4.49. The number of benzene rings is 2. The third-order valence-corrected chi connectivity index (χ3v) is 5.30. The fraction of sp³-hybridized carbons (Fsp3) is 0.318. The molecule has 6 nitrogen and oxygen atoms in total. The Morgan fingerprint density at radius 1 is 1.00 bits per heavy atom. The molecule has 0 bridgehead atoms. The summed E-state index contributed by atoms with van der Waals surface area (Å²) in [5.41, 5.74) is 5.40. The van der Waals surface area contributed by atoms with Crippen molar-refractivity contribution in [2.24, 2.45) is 0 Å². The summed E-state index contributed by atoms with van der Waals surface area (Å²) in [5, 5.41) is 8.58. The number of carbonyl (C=O) groups is 1. The van der Waals surface area contributed by atoms with Gasteiger partial charge in [0.05, 0.1) is 5.75 Å². The van der Waals surface area contributed by atoms with Crippen LogP contribution in [0.2, 0.25) is 0 Å². The maximum atomic E-state index is 12.5. The number of rotatable bonds is 7. The number of thioether (sulfide) groups is 1. The van der Waals surface area contributed by atoms with E-state index in [0.717, 1.165) is 27.9 Å². The van der Waals surface area contributed by atoms with Gasteiger partial charge in [-0.1, -0.05) is 41.1 Å². The zero-order valence-corrected chi connectivity index (χ0v) is 18.3. The molecule has 2 aromatic carbocycles. The van der Waals surface area contributed by atoms with Gasteiger partial charge in [-0.3, -0.25) is 4.79 Å². The van der Waals surface area contributed by atoms with Crippen molar-refractivity contribution in [1.82, 2.24) is 15.1 Å². The van der Waals surface area contributed by atoms with Crippen molar-refractivity contribution in [1.29, 1.82) is 0 Å². The molecule has 152 valence electrons. The summed E-state index contributed by atoms with van der Waals surface area (Å²) in [5.74, 6) is 0.736. The van der Waals surface area contributed by atoms with E-state index in [9.17, 15) is 4.79 Å². The lowest BCUT2D eigenvalue weighted by Gasteiger charge is -2.18. The Kier molecular flexibility index (Phi) is 6.59. The van der Waals surface area contributed by atoms with E-state index in [1.807, 2.05) is 57.1 Å². The van der Waals surface area contributed by atoms with Crippen LogP contribution < -0.4 is 4.90 Å². The monoisotopic (exact) mass is 410 g/mol. The first kappa shape index (κ1) is 20.9. The van der Waals surface area contributed by atoms with Crippen LogP contribution in [-0.4, -0.2) is 47.9 Å². The van der Waals surface area contributed by atoms with Crippen molar-refractivity contribution < 1.29 is 9.21 Å². The summed E-state index contributed by atoms with van der Waals surface area (Å²) in [4.78, 5) is 16.2. The minimum absolute atomic E-state index is 0.0119. The second-order valence-electron chi connectivity index (χ2n) is 7.35. The van der Waals surface area contributed by atoms with E-state index in [2.05, 4.69) is 28.4 Å². The lowest BCUT2D eigenvalue weighted by Crippen LogP contribution is -2.27. The third kappa shape index (κ3) is 5.60. The Morgan fingerprint density at radius 2 is 1.66 bits per heavy atom. The molecule has 3 rings (SSSR count). The fourth-order valence-electron chi connectivity index (χ4n) is 2.98. The van der Waals surface area contributed by atoms with E-state index in [-0.39, 0.29) is 11.7 Å². The maximum absolute atomic E-state index is 12.5. The molecule has 0 saturated heterocycles. The predicted molar refractivity (Wildman–Crippen MR) is 117 cm³/mol. The van der Waals surface area contributed by atoms with Crippen molar-refractivity contribution >= 4 is 23.4 Å². The molecule has 0 saturated carbocycles. The molecule has 29 heavy (non-hydrogen) atoms. The SMILES string of the molecule is Cc1cc(C)cc(-c2nnc(SCC(=O)N(C)Cc3ccc(N(C)C)cc3)o2)c1. The van der Waals surface area contributed by atoms with Crippen LogP contribution in [0.3, 0.4) is 0 Å². The summed E-state index contributed by atoms with van der Waals surface area (Å²) < 4.78 is 5.73. The average Bonchev–Trinajstić information content (AvgIpc) is 3.15. The Balaban J connectivity index is 1.55. The van der Waals surface area contributed by atoms with Gasteiger partial charge in [-0.05, 0) is 43.7 Å². The molecule has 0 atom stereocenters. The molecule has 0 radical (unpaired) electrons. The van der Waals surface area contributed by atoms with E-state index in [1.54, 1.807) is 11.9 Å². The van der Waals surface area contributed by atoms with Gasteiger partial charge in [-0.15, -0.1) is 10.2 Å². The van der Waals surface area contributed by atoms with Gasteiger partial charge in [0, 0.05) is 38.9 Å². The maximum Gasteiger partial charge on any atom is 0.277 e. The van der Waals surface area contributed by atoms with Gasteiger partial charge < -0.3 is 14.2 Å². The molecule has 0 aliphatic rings. The Bertz CT molecular complexity index is 962. The van der Waals surface area contributed by atoms with Gasteiger partial charge in [-0.2, -0.15) is 0 Å². The molecule has 0 N–H and O–H groups in total. The molecule has 0 unspecified atom stereocenters. The summed E-state index contributed by atoms with van der Waals surface area (Å²) in [6, 6.07) is 14.3. The number of nitrogens with zero attached hydrogens (tertiary/aromatic N) is 4. The topological polar surface area (TPSA) is 62.5 Å². The number of carbonyl (C=O) groups excluding carboxylic acids is 1. The van der Waals surface area contributed by atoms with E-state index in [0.29, 0.717) is 17.7 Å². The number of amides is 1. The largest absolute Gasteiger partial charge is 0.411 e. The first-order chi connectivity index (χ1) is 13.8. The second-order valence-corrected chi connectivity index (χ2v) is 8.28. The van der Waals surface area contributed by atoms with Gasteiger partial charge in [0.25, 0.3) is 5.22 Å². The fourth-order valence-corrected chi connectivity index (χ4v) is 3.68. The van der Waals surface area contributed by atoms with Crippen LogP contribution in [0, 0.1) is 13.8 Å². The van der Waals surface area contributed by atoms with Crippen LogP contribution in [0.15, 0.2) is 52.1 Å². The first-order valence-electron chi connectivity index (χ1n) is 9.37. The summed E-state index contributed by atoms with van der Waals surface area (Å²) >= 11 is 1.26. The van der Waals surface area contributed by atoms with E-state index in [1.165, 1.54) is 11.8 Å². The molecular formula is C22H26N4O2S. The number of aryl methyl sites for hydroxylation is 2. The Morgan fingerprint density at radius 3 is 2.28 bits per heavy atom. The van der Waals surface area contributed by atoms with E-state index < -0.39 is 0 Å². The smallest absolute Gasteiger partial charge is 0.277 e. The molecule has 0 spiro atoms. The van der Waals surface area contributed by atoms with Crippen LogP contribution in [0.1, 0.15) is 16.7 Å². The van der Waals surface area contributed by atoms with Crippen molar-refractivity contribution in [2.75, 3.05) is 31.8 Å². The van der Waals surface area contributed by atoms with Gasteiger partial charge in [0.15, 0.2) is 0 Å². The lowest BCUT2D eigenvalue weighted by molar-refractivity contribution is -0.127. The quantitative estimate of drug-likeness (QED) is 0.545. The van der Waals surface area contributed by atoms with Crippen LogP contribution in [0.4, 0.5) is 5.69 Å². The highest BCUT2D eigenvalue weighted by molar-refractivity contribution is 7.99. The van der Waals surface area contributed by atoms with Crippen molar-refractivity contribution in [3.8, 4) is 11.5 Å². The molecule has 0 aliphatic carbocycles. The number of aromatic nitrogens is 2. The van der Waals surface area contributed by atoms with Gasteiger partial charge in [0.2, 0.25) is 11.8 Å². The van der Waals surface area contributed by atoms with Crippen molar-refractivity contribution in [3.05, 3.63) is 59.2 Å². The molecule has 0 aliphatic heterocycles. The highest BCUT2D eigenvalue weighted by Gasteiger charge is 2.14. The van der Waals surface area contributed by atoms with Crippen LogP contribution >= 0.6 is 11.8 Å². The molecule has 3 aromatic rings. The predicted octanol–water partition coefficient (Wildman–Crippen LogP) is 4.17. The Hall–Kier alpha value is -2.80. The molecule has 1 heterocycles. The van der Waals surface area contributed by atoms with Gasteiger partial charge in [0.1, 0.15) is 0 Å². The van der Waals surface area contributed by atoms with Crippen LogP contribution in [-0.2, 0) is 11.3 Å². The number of hydrogen-bond acceptors (Lipinski definition) is 6. The standard InChI is InChI=1S/C22H26N4O2S/c1-15-10-16(2)12-18(11-15)21-23-24-22(28-21)29-14-20(27)26(5)13-17-6-8-19(9-7-17)25(3)4/h6-12H,13-14H2,1-5H3. The summed E-state index contributed by atoms with van der Waals surface area (Å²) in [6.07, 6.45) is 0. The molecule has 0 fully saturated rings.